The van der Waals surface area contributed by atoms with E-state index < -0.39 is 5.54 Å². The summed E-state index contributed by atoms with van der Waals surface area (Å²) in [6, 6.07) is 5.78. The number of hydrogen-bond donors (Lipinski definition) is 1. The van der Waals surface area contributed by atoms with Crippen molar-refractivity contribution in [3.05, 3.63) is 41.9 Å². The maximum Gasteiger partial charge on any atom is 0.259 e. The van der Waals surface area contributed by atoms with E-state index in [1.807, 2.05) is 30.0 Å². The second-order valence-electron chi connectivity index (χ2n) is 9.28. The van der Waals surface area contributed by atoms with Crippen LogP contribution < -0.4 is 20.3 Å². The minimum atomic E-state index is -0.643. The molecule has 3 fully saturated rings. The molecule has 0 radical (unpaired) electrons. The SMILES string of the molecule is Cc1cc(N2C(=O)C3(CCC3)N(c3ccc(OC4CCN(C)CC4)nc3)C2=S)cnc1CN. The predicted octanol–water partition coefficient (Wildman–Crippen LogP) is 2.78. The monoisotopic (exact) mass is 466 g/mol. The van der Waals surface area contributed by atoms with Crippen molar-refractivity contribution in [3.8, 4) is 5.88 Å². The van der Waals surface area contributed by atoms with E-state index in [1.54, 1.807) is 17.3 Å². The third-order valence-electron chi connectivity index (χ3n) is 7.15. The summed E-state index contributed by atoms with van der Waals surface area (Å²) in [5, 5.41) is 0.465. The summed E-state index contributed by atoms with van der Waals surface area (Å²) in [5.41, 5.74) is 8.38. The zero-order valence-corrected chi connectivity index (χ0v) is 20.0. The number of pyridine rings is 2. The maximum atomic E-state index is 13.6. The average molecular weight is 467 g/mol. The fraction of sp³-hybridized carbons (Fsp3) is 0.500. The van der Waals surface area contributed by atoms with Gasteiger partial charge in [0.25, 0.3) is 5.91 Å². The minimum absolute atomic E-state index is 0.00657. The molecule has 2 aromatic rings. The lowest BCUT2D eigenvalue weighted by atomic mass is 9.75. The van der Waals surface area contributed by atoms with Gasteiger partial charge in [-0.05, 0) is 76.0 Å². The molecule has 4 heterocycles. The van der Waals surface area contributed by atoms with E-state index >= 15 is 0 Å². The number of anilines is 2. The number of thiocarbonyl (C=S) groups is 1. The first-order chi connectivity index (χ1) is 15.9. The molecule has 33 heavy (non-hydrogen) atoms. The Labute approximate surface area is 199 Å². The molecule has 2 saturated heterocycles. The number of piperidine rings is 1. The lowest BCUT2D eigenvalue weighted by Crippen LogP contribution is -2.55. The zero-order chi connectivity index (χ0) is 23.2. The van der Waals surface area contributed by atoms with Gasteiger partial charge < -0.3 is 20.3 Å². The Kier molecular flexibility index (Phi) is 5.80. The normalized spacial score (nSPS) is 21.1. The van der Waals surface area contributed by atoms with Gasteiger partial charge in [-0.1, -0.05) is 0 Å². The molecular weight excluding hydrogens is 436 g/mol. The number of carbonyl (C=O) groups is 1. The van der Waals surface area contributed by atoms with E-state index in [2.05, 4.69) is 21.9 Å². The van der Waals surface area contributed by atoms with Crippen LogP contribution in [0.3, 0.4) is 0 Å². The Morgan fingerprint density at radius 1 is 1.18 bits per heavy atom. The van der Waals surface area contributed by atoms with Crippen molar-refractivity contribution in [2.24, 2.45) is 5.73 Å². The lowest BCUT2D eigenvalue weighted by Gasteiger charge is -2.42. The Bertz CT molecular complexity index is 1060. The van der Waals surface area contributed by atoms with Crippen LogP contribution in [0.15, 0.2) is 30.6 Å². The van der Waals surface area contributed by atoms with Gasteiger partial charge in [0.2, 0.25) is 5.88 Å². The molecular formula is C24H30N6O2S. The molecule has 3 aliphatic rings. The van der Waals surface area contributed by atoms with E-state index in [-0.39, 0.29) is 12.0 Å². The molecule has 9 heteroatoms. The van der Waals surface area contributed by atoms with Gasteiger partial charge in [-0.15, -0.1) is 0 Å². The molecule has 2 N–H and O–H groups in total. The van der Waals surface area contributed by atoms with E-state index in [0.717, 1.165) is 62.1 Å². The molecule has 1 saturated carbocycles. The molecule has 0 unspecified atom stereocenters. The number of carbonyl (C=O) groups excluding carboxylic acids is 1. The molecule has 0 aromatic carbocycles. The van der Waals surface area contributed by atoms with E-state index in [4.69, 9.17) is 22.7 Å². The molecule has 8 nitrogen and oxygen atoms in total. The van der Waals surface area contributed by atoms with Crippen LogP contribution in [-0.4, -0.2) is 57.7 Å². The van der Waals surface area contributed by atoms with Crippen LogP contribution >= 0.6 is 12.2 Å². The van der Waals surface area contributed by atoms with Gasteiger partial charge in [0.1, 0.15) is 11.6 Å². The van der Waals surface area contributed by atoms with E-state index in [1.165, 1.54) is 0 Å². The number of aromatic nitrogens is 2. The first-order valence-corrected chi connectivity index (χ1v) is 12.0. The number of aryl methyl sites for hydroxylation is 1. The summed E-state index contributed by atoms with van der Waals surface area (Å²) in [6.07, 6.45) is 8.17. The summed E-state index contributed by atoms with van der Waals surface area (Å²) in [4.78, 5) is 28.5. The van der Waals surface area contributed by atoms with E-state index in [9.17, 15) is 4.79 Å². The van der Waals surface area contributed by atoms with Gasteiger partial charge in [-0.3, -0.25) is 14.7 Å². The van der Waals surface area contributed by atoms with Gasteiger partial charge in [-0.25, -0.2) is 4.98 Å². The first-order valence-electron chi connectivity index (χ1n) is 11.6. The third-order valence-corrected chi connectivity index (χ3v) is 7.51. The van der Waals surface area contributed by atoms with Crippen LogP contribution in [0.25, 0.3) is 0 Å². The quantitative estimate of drug-likeness (QED) is 0.673. The highest BCUT2D eigenvalue weighted by molar-refractivity contribution is 7.81. The zero-order valence-electron chi connectivity index (χ0n) is 19.2. The number of rotatable bonds is 5. The molecule has 174 valence electrons. The van der Waals surface area contributed by atoms with Gasteiger partial charge in [0.05, 0.1) is 29.5 Å². The smallest absolute Gasteiger partial charge is 0.259 e. The highest BCUT2D eigenvalue weighted by Crippen LogP contribution is 2.47. The Morgan fingerprint density at radius 3 is 2.48 bits per heavy atom. The summed E-state index contributed by atoms with van der Waals surface area (Å²) in [6.45, 7) is 4.38. The largest absolute Gasteiger partial charge is 0.474 e. The molecule has 0 atom stereocenters. The molecule has 5 rings (SSSR count). The summed E-state index contributed by atoms with van der Waals surface area (Å²) in [7, 11) is 2.13. The van der Waals surface area contributed by atoms with Crippen molar-refractivity contribution in [2.45, 2.75) is 57.2 Å². The topological polar surface area (TPSA) is 87.8 Å². The van der Waals surface area contributed by atoms with Gasteiger partial charge in [0.15, 0.2) is 5.11 Å². The molecule has 1 amide bonds. The molecule has 1 spiro atoms. The molecule has 1 aliphatic carbocycles. The van der Waals surface area contributed by atoms with Crippen molar-refractivity contribution in [2.75, 3.05) is 29.9 Å². The third kappa shape index (κ3) is 3.78. The van der Waals surface area contributed by atoms with Crippen molar-refractivity contribution in [1.29, 1.82) is 0 Å². The number of nitrogens with two attached hydrogens (primary N) is 1. The number of ether oxygens (including phenoxy) is 1. The second kappa shape index (κ2) is 8.62. The number of nitrogens with zero attached hydrogens (tertiary/aromatic N) is 5. The van der Waals surface area contributed by atoms with Crippen LogP contribution in [0.5, 0.6) is 5.88 Å². The number of likely N-dealkylation sites (tertiary alicyclic amines) is 1. The van der Waals surface area contributed by atoms with Crippen molar-refractivity contribution in [3.63, 3.8) is 0 Å². The lowest BCUT2D eigenvalue weighted by molar-refractivity contribution is -0.123. The van der Waals surface area contributed by atoms with Crippen LogP contribution in [-0.2, 0) is 11.3 Å². The molecule has 2 aromatic heterocycles. The number of amides is 1. The second-order valence-corrected chi connectivity index (χ2v) is 9.65. The van der Waals surface area contributed by atoms with Crippen LogP contribution in [0.1, 0.15) is 43.4 Å². The maximum absolute atomic E-state index is 13.6. The van der Waals surface area contributed by atoms with Crippen LogP contribution in [0.4, 0.5) is 11.4 Å². The van der Waals surface area contributed by atoms with Gasteiger partial charge >= 0.3 is 0 Å². The van der Waals surface area contributed by atoms with Crippen molar-refractivity contribution in [1.82, 2.24) is 14.9 Å². The Hall–Kier alpha value is -2.62. The highest BCUT2D eigenvalue weighted by Gasteiger charge is 2.59. The van der Waals surface area contributed by atoms with Crippen LogP contribution in [0, 0.1) is 6.92 Å². The van der Waals surface area contributed by atoms with Crippen molar-refractivity contribution >= 4 is 34.6 Å². The molecule has 0 bridgehead atoms. The van der Waals surface area contributed by atoms with Crippen LogP contribution in [0.2, 0.25) is 0 Å². The van der Waals surface area contributed by atoms with Gasteiger partial charge in [-0.2, -0.15) is 0 Å². The Morgan fingerprint density at radius 2 is 1.91 bits per heavy atom. The number of hydrogen-bond acceptors (Lipinski definition) is 7. The first kappa shape index (κ1) is 22.2. The predicted molar refractivity (Wildman–Crippen MR) is 131 cm³/mol. The van der Waals surface area contributed by atoms with Gasteiger partial charge in [0, 0.05) is 25.7 Å². The standard InChI is InChI=1S/C24H30N6O2S/c1-16-12-18(15-26-20(16)13-25)29-22(31)24(8-3-9-24)30(23(29)33)17-4-5-21(27-14-17)32-19-6-10-28(2)11-7-19/h4-5,12,14-15,19H,3,6-11,13,25H2,1-2H3. The van der Waals surface area contributed by atoms with Crippen molar-refractivity contribution < 1.29 is 9.53 Å². The summed E-state index contributed by atoms with van der Waals surface area (Å²) < 4.78 is 6.10. The fourth-order valence-corrected chi connectivity index (χ4v) is 5.45. The minimum Gasteiger partial charge on any atom is -0.474 e. The average Bonchev–Trinajstić information content (AvgIpc) is 3.02. The molecule has 2 aliphatic heterocycles. The van der Waals surface area contributed by atoms with E-state index in [0.29, 0.717) is 23.2 Å². The summed E-state index contributed by atoms with van der Waals surface area (Å²) in [5.74, 6) is 0.619. The Balaban J connectivity index is 1.40. The highest BCUT2D eigenvalue weighted by atomic mass is 32.1. The fourth-order valence-electron chi connectivity index (χ4n) is 4.98. The summed E-state index contributed by atoms with van der Waals surface area (Å²) >= 11 is 5.85.